The molecule has 2 aromatic carbocycles. The molecule has 1 fully saturated rings. The van der Waals surface area contributed by atoms with Crippen molar-refractivity contribution in [1.82, 2.24) is 14.6 Å². The molecule has 6 atom stereocenters. The number of benzene rings is 2. The number of hydrogen-bond donors (Lipinski definition) is 5. The van der Waals surface area contributed by atoms with Crippen LogP contribution in [-0.2, 0) is 30.0 Å². The third kappa shape index (κ3) is 7.18. The molecule has 2 heterocycles. The summed E-state index contributed by atoms with van der Waals surface area (Å²) in [5.74, 6) is -0.627. The number of aromatic amines is 1. The number of nitrogens with two attached hydrogens (primary N) is 1. The van der Waals surface area contributed by atoms with Crippen LogP contribution in [-0.4, -0.2) is 56.3 Å². The van der Waals surface area contributed by atoms with E-state index in [4.69, 9.17) is 24.3 Å². The van der Waals surface area contributed by atoms with Gasteiger partial charge in [-0.1, -0.05) is 48.5 Å². The van der Waals surface area contributed by atoms with Gasteiger partial charge in [0.15, 0.2) is 12.0 Å². The summed E-state index contributed by atoms with van der Waals surface area (Å²) in [4.78, 5) is 38.8. The van der Waals surface area contributed by atoms with Gasteiger partial charge in [0, 0.05) is 11.8 Å². The van der Waals surface area contributed by atoms with Crippen molar-refractivity contribution in [3.8, 4) is 5.75 Å². The highest BCUT2D eigenvalue weighted by Gasteiger charge is 2.54. The van der Waals surface area contributed by atoms with E-state index in [1.54, 1.807) is 42.5 Å². The Labute approximate surface area is 234 Å². The number of esters is 1. The Hall–Kier alpha value is -3.62. The zero-order valence-corrected chi connectivity index (χ0v) is 23.1. The number of nitrogens with zero attached hydrogens (tertiary/aromatic N) is 1. The van der Waals surface area contributed by atoms with E-state index >= 15 is 0 Å². The average molecular weight is 591 g/mol. The first-order valence-corrected chi connectivity index (χ1v) is 14.1. The van der Waals surface area contributed by atoms with Crippen molar-refractivity contribution < 1.29 is 38.1 Å². The standard InChI is InChI=1S/C26H31N4O10P/c1-16-13-30(25(35)28-22(16)33)23-20(31)21(32)26(27,39-23)15-38-41(36,40-19-11-7-4-8-12-19)29-17(2)24(34)37-14-18-9-5-3-6-10-18/h3-13,17,20-21,23,31-32H,14-15,27H2,1-2H3,(H,29,36)(H,28,33,35)/t17-,20+,21-,23+,26+,41?/m0/s1. The molecule has 1 aliphatic heterocycles. The molecule has 220 valence electrons. The fourth-order valence-corrected chi connectivity index (χ4v) is 5.50. The van der Waals surface area contributed by atoms with Crippen LogP contribution in [0.15, 0.2) is 76.4 Å². The smallest absolute Gasteiger partial charge is 0.459 e. The van der Waals surface area contributed by atoms with Crippen LogP contribution in [0, 0.1) is 6.92 Å². The van der Waals surface area contributed by atoms with Crippen molar-refractivity contribution in [2.75, 3.05) is 6.61 Å². The highest BCUT2D eigenvalue weighted by Crippen LogP contribution is 2.47. The minimum Gasteiger partial charge on any atom is -0.460 e. The van der Waals surface area contributed by atoms with E-state index in [-0.39, 0.29) is 17.9 Å². The van der Waals surface area contributed by atoms with Crippen LogP contribution in [0.5, 0.6) is 5.75 Å². The predicted molar refractivity (Wildman–Crippen MR) is 145 cm³/mol. The zero-order chi connectivity index (χ0) is 29.8. The van der Waals surface area contributed by atoms with Gasteiger partial charge in [-0.2, -0.15) is 5.09 Å². The number of carbonyl (C=O) groups is 1. The summed E-state index contributed by atoms with van der Waals surface area (Å²) in [6, 6.07) is 15.7. The lowest BCUT2D eigenvalue weighted by atomic mass is 10.1. The van der Waals surface area contributed by atoms with Crippen LogP contribution >= 0.6 is 7.75 Å². The average Bonchev–Trinajstić information content (AvgIpc) is 3.18. The molecule has 1 unspecified atom stereocenters. The first-order chi connectivity index (χ1) is 19.4. The van der Waals surface area contributed by atoms with Crippen LogP contribution < -0.4 is 26.6 Å². The van der Waals surface area contributed by atoms with Crippen molar-refractivity contribution in [3.05, 3.63) is 98.8 Å². The second-order valence-electron chi connectivity index (χ2n) is 9.50. The molecule has 41 heavy (non-hydrogen) atoms. The molecule has 14 nitrogen and oxygen atoms in total. The van der Waals surface area contributed by atoms with E-state index in [1.165, 1.54) is 26.0 Å². The molecular formula is C26H31N4O10P. The van der Waals surface area contributed by atoms with E-state index in [0.717, 1.165) is 16.3 Å². The topological polar surface area (TPSA) is 204 Å². The number of hydrogen-bond acceptors (Lipinski definition) is 11. The zero-order valence-electron chi connectivity index (χ0n) is 22.2. The number of H-pyrrole nitrogens is 1. The van der Waals surface area contributed by atoms with Gasteiger partial charge in [0.1, 0.15) is 37.2 Å². The van der Waals surface area contributed by atoms with Crippen molar-refractivity contribution >= 4 is 13.7 Å². The van der Waals surface area contributed by atoms with Crippen molar-refractivity contribution in [2.45, 2.75) is 50.7 Å². The second kappa shape index (κ2) is 12.5. The number of nitrogens with one attached hydrogen (secondary N) is 2. The molecule has 0 saturated carbocycles. The maximum Gasteiger partial charge on any atom is 0.459 e. The van der Waals surface area contributed by atoms with Crippen molar-refractivity contribution in [2.24, 2.45) is 5.73 Å². The van der Waals surface area contributed by atoms with Gasteiger partial charge in [0.25, 0.3) is 5.56 Å². The number of aromatic nitrogens is 2. The molecule has 1 aromatic heterocycles. The Balaban J connectivity index is 1.50. The molecule has 6 N–H and O–H groups in total. The van der Waals surface area contributed by atoms with Gasteiger partial charge >= 0.3 is 19.4 Å². The Morgan fingerprint density at radius 2 is 1.80 bits per heavy atom. The minimum atomic E-state index is -4.42. The van der Waals surface area contributed by atoms with Gasteiger partial charge < -0.3 is 24.2 Å². The molecule has 0 bridgehead atoms. The molecule has 0 aliphatic carbocycles. The van der Waals surface area contributed by atoms with E-state index in [1.807, 2.05) is 6.07 Å². The monoisotopic (exact) mass is 590 g/mol. The maximum absolute atomic E-state index is 13.8. The minimum absolute atomic E-state index is 0.0226. The third-order valence-electron chi connectivity index (χ3n) is 6.23. The lowest BCUT2D eigenvalue weighted by Crippen LogP contribution is -2.54. The number of aliphatic hydroxyl groups excluding tert-OH is 2. The number of carbonyl (C=O) groups excluding carboxylic acids is 1. The first kappa shape index (κ1) is 30.3. The predicted octanol–water partition coefficient (Wildman–Crippen LogP) is 0.676. The lowest BCUT2D eigenvalue weighted by Gasteiger charge is -2.30. The summed E-state index contributed by atoms with van der Waals surface area (Å²) >= 11 is 0. The van der Waals surface area contributed by atoms with Gasteiger partial charge in [-0.25, -0.2) is 9.36 Å². The van der Waals surface area contributed by atoms with Gasteiger partial charge in [-0.3, -0.25) is 29.4 Å². The van der Waals surface area contributed by atoms with E-state index in [9.17, 15) is 29.2 Å². The Kier molecular flexibility index (Phi) is 9.24. The lowest BCUT2D eigenvalue weighted by molar-refractivity contribution is -0.146. The number of aliphatic hydroxyl groups is 2. The van der Waals surface area contributed by atoms with Gasteiger partial charge in [-0.05, 0) is 31.5 Å². The van der Waals surface area contributed by atoms with E-state index in [0.29, 0.717) is 0 Å². The molecule has 0 radical (unpaired) electrons. The molecule has 0 spiro atoms. The molecule has 3 aromatic rings. The molecule has 15 heteroatoms. The molecule has 4 rings (SSSR count). The van der Waals surface area contributed by atoms with Crippen LogP contribution in [0.25, 0.3) is 0 Å². The van der Waals surface area contributed by atoms with Crippen LogP contribution in [0.1, 0.15) is 24.3 Å². The molecular weight excluding hydrogens is 559 g/mol. The number of ether oxygens (including phenoxy) is 2. The molecule has 1 saturated heterocycles. The van der Waals surface area contributed by atoms with Crippen molar-refractivity contribution in [3.63, 3.8) is 0 Å². The Bertz CT molecular complexity index is 1520. The summed E-state index contributed by atoms with van der Waals surface area (Å²) in [6.45, 7) is 1.98. The normalized spacial score (nSPS) is 24.4. The number of aryl methyl sites for hydroxylation is 1. The highest BCUT2D eigenvalue weighted by molar-refractivity contribution is 7.52. The van der Waals surface area contributed by atoms with E-state index in [2.05, 4.69) is 10.1 Å². The van der Waals surface area contributed by atoms with Crippen LogP contribution in [0.3, 0.4) is 0 Å². The highest BCUT2D eigenvalue weighted by atomic mass is 31.2. The maximum atomic E-state index is 13.8. The third-order valence-corrected chi connectivity index (χ3v) is 7.86. The SMILES string of the molecule is Cc1cn([C@@H]2O[C@](N)(COP(=O)(N[C@@H](C)C(=O)OCc3ccccc3)Oc3ccccc3)[C@@H](O)[C@H]2O)c(=O)[nH]c1=O. The van der Waals surface area contributed by atoms with Crippen LogP contribution in [0.2, 0.25) is 0 Å². The Morgan fingerprint density at radius 3 is 2.46 bits per heavy atom. The fraction of sp³-hybridized carbons (Fsp3) is 0.346. The van der Waals surface area contributed by atoms with Gasteiger partial charge in [0.2, 0.25) is 0 Å². The van der Waals surface area contributed by atoms with E-state index < -0.39 is 61.8 Å². The summed E-state index contributed by atoms with van der Waals surface area (Å²) < 4.78 is 36.7. The summed E-state index contributed by atoms with van der Waals surface area (Å²) in [6.07, 6.45) is -3.94. The first-order valence-electron chi connectivity index (χ1n) is 12.5. The summed E-state index contributed by atoms with van der Waals surface area (Å²) in [5.41, 5.74) is 3.34. The largest absolute Gasteiger partial charge is 0.460 e. The second-order valence-corrected chi connectivity index (χ2v) is 11.2. The number of para-hydroxylation sites is 1. The van der Waals surface area contributed by atoms with Crippen molar-refractivity contribution in [1.29, 1.82) is 0 Å². The van der Waals surface area contributed by atoms with Gasteiger partial charge in [-0.15, -0.1) is 0 Å². The molecule has 1 aliphatic rings. The van der Waals surface area contributed by atoms with Gasteiger partial charge in [0.05, 0.1) is 0 Å². The number of rotatable bonds is 11. The quantitative estimate of drug-likeness (QED) is 0.154. The summed E-state index contributed by atoms with van der Waals surface area (Å²) in [7, 11) is -4.42. The van der Waals surface area contributed by atoms with Crippen LogP contribution in [0.4, 0.5) is 0 Å². The summed E-state index contributed by atoms with van der Waals surface area (Å²) in [5, 5.41) is 23.8. The fourth-order valence-electron chi connectivity index (χ4n) is 3.96. The Morgan fingerprint density at radius 1 is 1.17 bits per heavy atom. The molecule has 0 amide bonds.